The second kappa shape index (κ2) is 7.42. The van der Waals surface area contributed by atoms with E-state index in [0.29, 0.717) is 12.4 Å². The first-order chi connectivity index (χ1) is 6.67. The molecule has 0 heterocycles. The van der Waals surface area contributed by atoms with Crippen LogP contribution in [-0.4, -0.2) is 19.6 Å². The Morgan fingerprint density at radius 1 is 1.43 bits per heavy atom. The van der Waals surface area contributed by atoms with Gasteiger partial charge in [-0.1, -0.05) is 26.8 Å². The molecule has 82 valence electrons. The molecule has 2 atom stereocenters. The summed E-state index contributed by atoms with van der Waals surface area (Å²) in [5, 5.41) is 2.94. The van der Waals surface area contributed by atoms with Gasteiger partial charge in [0.05, 0.1) is 0 Å². The lowest BCUT2D eigenvalue weighted by Crippen LogP contribution is -2.27. The molecule has 0 amide bonds. The van der Waals surface area contributed by atoms with E-state index in [1.807, 2.05) is 19.3 Å². The molecule has 3 heteroatoms. The Bertz CT molecular complexity index is 178. The molecule has 3 nitrogen and oxygen atoms in total. The van der Waals surface area contributed by atoms with Crippen molar-refractivity contribution in [2.24, 2.45) is 11.8 Å². The van der Waals surface area contributed by atoms with E-state index >= 15 is 0 Å². The summed E-state index contributed by atoms with van der Waals surface area (Å²) in [6.07, 6.45) is 4.88. The fourth-order valence-corrected chi connectivity index (χ4v) is 1.51. The minimum atomic E-state index is -0.0258. The molecule has 0 spiro atoms. The summed E-state index contributed by atoms with van der Waals surface area (Å²) in [6, 6.07) is 0. The Hall–Kier alpha value is -0.990. The van der Waals surface area contributed by atoms with Crippen LogP contribution in [-0.2, 0) is 9.53 Å². The molecule has 0 aliphatic heterocycles. The zero-order valence-electron chi connectivity index (χ0n) is 9.49. The van der Waals surface area contributed by atoms with Crippen LogP contribution < -0.4 is 5.32 Å². The van der Waals surface area contributed by atoms with Gasteiger partial charge in [-0.3, -0.25) is 4.79 Å². The van der Waals surface area contributed by atoms with Crippen molar-refractivity contribution in [1.29, 1.82) is 0 Å². The molecule has 0 saturated carbocycles. The Labute approximate surface area is 86.5 Å². The highest BCUT2D eigenvalue weighted by Gasteiger charge is 2.22. The van der Waals surface area contributed by atoms with Crippen molar-refractivity contribution in [3.63, 3.8) is 0 Å². The van der Waals surface area contributed by atoms with Gasteiger partial charge in [0.25, 0.3) is 6.47 Å². The Morgan fingerprint density at radius 2 is 2.07 bits per heavy atom. The van der Waals surface area contributed by atoms with Crippen LogP contribution in [0, 0.1) is 11.8 Å². The number of ether oxygens (including phenoxy) is 1. The van der Waals surface area contributed by atoms with E-state index in [4.69, 9.17) is 4.74 Å². The number of hydrogen-bond donors (Lipinski definition) is 1. The lowest BCUT2D eigenvalue weighted by atomic mass is 9.91. The topological polar surface area (TPSA) is 38.3 Å². The van der Waals surface area contributed by atoms with E-state index in [1.165, 1.54) is 0 Å². The molecular formula is C11H21NO2. The highest BCUT2D eigenvalue weighted by molar-refractivity contribution is 5.37. The predicted molar refractivity (Wildman–Crippen MR) is 57.8 cm³/mol. The van der Waals surface area contributed by atoms with E-state index < -0.39 is 0 Å². The summed E-state index contributed by atoms with van der Waals surface area (Å²) in [7, 11) is 1.86. The maximum Gasteiger partial charge on any atom is 0.293 e. The third-order valence-corrected chi connectivity index (χ3v) is 2.27. The van der Waals surface area contributed by atoms with Crippen LogP contribution in [0.25, 0.3) is 0 Å². The largest absolute Gasteiger partial charge is 0.464 e. The minimum Gasteiger partial charge on any atom is -0.464 e. The molecule has 0 aromatic rings. The normalized spacial score (nSPS) is 15.5. The standard InChI is InChI=1S/C11H21NO2/c1-5-10(6-7-12-4)11(9(2)3)14-8-13/h6-12H,5H2,1-4H3/b7-6-. The van der Waals surface area contributed by atoms with Gasteiger partial charge in [0, 0.05) is 13.0 Å². The van der Waals surface area contributed by atoms with E-state index in [2.05, 4.69) is 26.1 Å². The van der Waals surface area contributed by atoms with Crippen LogP contribution >= 0.6 is 0 Å². The zero-order valence-corrected chi connectivity index (χ0v) is 9.49. The van der Waals surface area contributed by atoms with Crippen molar-refractivity contribution in [2.75, 3.05) is 7.05 Å². The molecule has 1 N–H and O–H groups in total. The third-order valence-electron chi connectivity index (χ3n) is 2.27. The Kier molecular flexibility index (Phi) is 6.89. The first-order valence-corrected chi connectivity index (χ1v) is 5.10. The lowest BCUT2D eigenvalue weighted by molar-refractivity contribution is -0.137. The Morgan fingerprint density at radius 3 is 2.43 bits per heavy atom. The molecule has 0 aromatic carbocycles. The van der Waals surface area contributed by atoms with Gasteiger partial charge in [0.2, 0.25) is 0 Å². The fraction of sp³-hybridized carbons (Fsp3) is 0.727. The van der Waals surface area contributed by atoms with Gasteiger partial charge in [-0.15, -0.1) is 0 Å². The van der Waals surface area contributed by atoms with Gasteiger partial charge in [0.1, 0.15) is 6.10 Å². The molecule has 0 rings (SSSR count). The predicted octanol–water partition coefficient (Wildman–Crippen LogP) is 1.94. The van der Waals surface area contributed by atoms with Gasteiger partial charge in [-0.05, 0) is 18.5 Å². The van der Waals surface area contributed by atoms with Crippen LogP contribution in [0.2, 0.25) is 0 Å². The summed E-state index contributed by atoms with van der Waals surface area (Å²) in [6.45, 7) is 6.75. The molecule has 0 aliphatic carbocycles. The van der Waals surface area contributed by atoms with Crippen molar-refractivity contribution in [2.45, 2.75) is 33.3 Å². The SMILES string of the molecule is CCC(/C=C\NC)C(OC=O)C(C)C. The first kappa shape index (κ1) is 13.0. The second-order valence-electron chi connectivity index (χ2n) is 3.66. The van der Waals surface area contributed by atoms with Crippen LogP contribution in [0.4, 0.5) is 0 Å². The Balaban J connectivity index is 4.40. The number of nitrogens with one attached hydrogen (secondary N) is 1. The smallest absolute Gasteiger partial charge is 0.293 e. The first-order valence-electron chi connectivity index (χ1n) is 5.10. The summed E-state index contributed by atoms with van der Waals surface area (Å²) < 4.78 is 5.09. The average molecular weight is 199 g/mol. The van der Waals surface area contributed by atoms with Crippen LogP contribution in [0.3, 0.4) is 0 Å². The summed E-state index contributed by atoms with van der Waals surface area (Å²) in [5.41, 5.74) is 0. The molecule has 0 aliphatic rings. The van der Waals surface area contributed by atoms with Crippen LogP contribution in [0.1, 0.15) is 27.2 Å². The second-order valence-corrected chi connectivity index (χ2v) is 3.66. The van der Waals surface area contributed by atoms with Gasteiger partial charge >= 0.3 is 0 Å². The molecule has 2 unspecified atom stereocenters. The monoisotopic (exact) mass is 199 g/mol. The lowest BCUT2D eigenvalue weighted by Gasteiger charge is -2.25. The molecule has 0 fully saturated rings. The van der Waals surface area contributed by atoms with Crippen molar-refractivity contribution in [1.82, 2.24) is 5.32 Å². The van der Waals surface area contributed by atoms with Crippen molar-refractivity contribution < 1.29 is 9.53 Å². The number of hydrogen-bond acceptors (Lipinski definition) is 3. The summed E-state index contributed by atoms with van der Waals surface area (Å²) in [4.78, 5) is 10.4. The maximum atomic E-state index is 10.4. The number of carbonyl (C=O) groups excluding carboxylic acids is 1. The molecule has 0 bridgehead atoms. The van der Waals surface area contributed by atoms with Crippen LogP contribution in [0.15, 0.2) is 12.3 Å². The van der Waals surface area contributed by atoms with Gasteiger partial charge in [-0.2, -0.15) is 0 Å². The van der Waals surface area contributed by atoms with Crippen molar-refractivity contribution >= 4 is 6.47 Å². The third kappa shape index (κ3) is 4.30. The fourth-order valence-electron chi connectivity index (χ4n) is 1.51. The molecule has 14 heavy (non-hydrogen) atoms. The highest BCUT2D eigenvalue weighted by Crippen LogP contribution is 2.20. The number of rotatable bonds is 7. The van der Waals surface area contributed by atoms with Gasteiger partial charge in [-0.25, -0.2) is 0 Å². The van der Waals surface area contributed by atoms with Gasteiger partial charge < -0.3 is 10.1 Å². The van der Waals surface area contributed by atoms with E-state index in [-0.39, 0.29) is 12.0 Å². The zero-order chi connectivity index (χ0) is 11.0. The van der Waals surface area contributed by atoms with Gasteiger partial charge in [0.15, 0.2) is 0 Å². The van der Waals surface area contributed by atoms with E-state index in [0.717, 1.165) is 6.42 Å². The molecule has 0 radical (unpaired) electrons. The maximum absolute atomic E-state index is 10.4. The molecular weight excluding hydrogens is 178 g/mol. The van der Waals surface area contributed by atoms with Crippen molar-refractivity contribution in [3.05, 3.63) is 12.3 Å². The summed E-state index contributed by atoms with van der Waals surface area (Å²) >= 11 is 0. The quantitative estimate of drug-likeness (QED) is 0.637. The number of carbonyl (C=O) groups is 1. The van der Waals surface area contributed by atoms with Crippen LogP contribution in [0.5, 0.6) is 0 Å². The minimum absolute atomic E-state index is 0.0258. The van der Waals surface area contributed by atoms with E-state index in [1.54, 1.807) is 0 Å². The molecule has 0 aromatic heterocycles. The highest BCUT2D eigenvalue weighted by atomic mass is 16.5. The summed E-state index contributed by atoms with van der Waals surface area (Å²) in [5.74, 6) is 0.624. The van der Waals surface area contributed by atoms with Crippen molar-refractivity contribution in [3.8, 4) is 0 Å². The van der Waals surface area contributed by atoms with E-state index in [9.17, 15) is 4.79 Å². The molecule has 0 saturated heterocycles. The average Bonchev–Trinajstić information content (AvgIpc) is 2.17.